The zero-order chi connectivity index (χ0) is 11.8. The van der Waals surface area contributed by atoms with Crippen molar-refractivity contribution >= 4 is 23.5 Å². The first kappa shape index (κ1) is 13.3. The first-order valence-electron chi connectivity index (χ1n) is 5.43. The first-order chi connectivity index (χ1) is 7.72. The molecule has 0 bridgehead atoms. The molecule has 0 saturated carbocycles. The molecule has 0 aromatic carbocycles. The van der Waals surface area contributed by atoms with Gasteiger partial charge in [0.1, 0.15) is 0 Å². The predicted octanol–water partition coefficient (Wildman–Crippen LogP) is 0.868. The molecular weight excluding hydrogens is 232 g/mol. The summed E-state index contributed by atoms with van der Waals surface area (Å²) < 4.78 is 5.21. The van der Waals surface area contributed by atoms with Crippen LogP contribution in [0.4, 0.5) is 4.79 Å². The van der Waals surface area contributed by atoms with E-state index in [4.69, 9.17) is 16.3 Å². The molecule has 16 heavy (non-hydrogen) atoms. The van der Waals surface area contributed by atoms with Gasteiger partial charge >= 0.3 is 6.03 Å². The van der Waals surface area contributed by atoms with Gasteiger partial charge in [-0.3, -0.25) is 10.1 Å². The third-order valence-corrected chi connectivity index (χ3v) is 2.63. The van der Waals surface area contributed by atoms with E-state index in [1.807, 2.05) is 0 Å². The van der Waals surface area contributed by atoms with Gasteiger partial charge in [-0.05, 0) is 18.8 Å². The van der Waals surface area contributed by atoms with Crippen LogP contribution in [0.25, 0.3) is 0 Å². The Labute approximate surface area is 99.9 Å². The van der Waals surface area contributed by atoms with Crippen LogP contribution in [0, 0.1) is 5.92 Å². The van der Waals surface area contributed by atoms with Crippen molar-refractivity contribution in [3.8, 4) is 0 Å². The molecule has 92 valence electrons. The van der Waals surface area contributed by atoms with Gasteiger partial charge in [0, 0.05) is 32.1 Å². The number of amides is 3. The van der Waals surface area contributed by atoms with Crippen molar-refractivity contribution in [3.63, 3.8) is 0 Å². The molecule has 1 saturated heterocycles. The second-order valence-electron chi connectivity index (χ2n) is 3.76. The van der Waals surface area contributed by atoms with Gasteiger partial charge in [-0.2, -0.15) is 0 Å². The average molecular weight is 249 g/mol. The summed E-state index contributed by atoms with van der Waals surface area (Å²) in [7, 11) is 0. The standard InChI is InChI=1S/C10H17ClN2O3/c11-4-1-9(14)13-10(15)12-5-2-8-3-6-16-7-8/h8H,1-7H2,(H2,12,13,14,15). The minimum atomic E-state index is -0.450. The molecule has 1 rings (SSSR count). The second kappa shape index (κ2) is 7.46. The lowest BCUT2D eigenvalue weighted by atomic mass is 10.1. The van der Waals surface area contributed by atoms with Crippen molar-refractivity contribution in [1.82, 2.24) is 10.6 Å². The Kier molecular flexibility index (Phi) is 6.18. The molecule has 3 amide bonds. The zero-order valence-corrected chi connectivity index (χ0v) is 9.89. The van der Waals surface area contributed by atoms with Crippen LogP contribution < -0.4 is 10.6 Å². The lowest BCUT2D eigenvalue weighted by molar-refractivity contribution is -0.119. The number of hydrogen-bond donors (Lipinski definition) is 2. The van der Waals surface area contributed by atoms with E-state index in [2.05, 4.69) is 10.6 Å². The fourth-order valence-electron chi connectivity index (χ4n) is 1.52. The third kappa shape index (κ3) is 5.32. The summed E-state index contributed by atoms with van der Waals surface area (Å²) in [6.45, 7) is 2.15. The van der Waals surface area contributed by atoms with Crippen molar-refractivity contribution in [2.24, 2.45) is 5.92 Å². The second-order valence-corrected chi connectivity index (χ2v) is 4.14. The number of urea groups is 1. The van der Waals surface area contributed by atoms with Crippen LogP contribution in [0.1, 0.15) is 19.3 Å². The number of imide groups is 1. The molecule has 1 unspecified atom stereocenters. The largest absolute Gasteiger partial charge is 0.381 e. The Morgan fingerprint density at radius 2 is 2.25 bits per heavy atom. The normalized spacial score (nSPS) is 19.4. The van der Waals surface area contributed by atoms with E-state index >= 15 is 0 Å². The summed E-state index contributed by atoms with van der Waals surface area (Å²) >= 11 is 5.36. The Morgan fingerprint density at radius 1 is 1.44 bits per heavy atom. The van der Waals surface area contributed by atoms with Gasteiger partial charge in [0.05, 0.1) is 0 Å². The van der Waals surface area contributed by atoms with Crippen LogP contribution in [0.5, 0.6) is 0 Å². The molecule has 0 spiro atoms. The molecule has 0 radical (unpaired) electrons. The Hall–Kier alpha value is -0.810. The number of rotatable bonds is 5. The zero-order valence-electron chi connectivity index (χ0n) is 9.13. The summed E-state index contributed by atoms with van der Waals surface area (Å²) in [5.74, 6) is 0.397. The third-order valence-electron chi connectivity index (χ3n) is 2.44. The van der Waals surface area contributed by atoms with Gasteiger partial charge in [-0.25, -0.2) is 4.79 Å². The van der Waals surface area contributed by atoms with Crippen molar-refractivity contribution < 1.29 is 14.3 Å². The Morgan fingerprint density at radius 3 is 2.88 bits per heavy atom. The van der Waals surface area contributed by atoms with E-state index in [-0.39, 0.29) is 18.2 Å². The molecule has 0 aliphatic carbocycles. The van der Waals surface area contributed by atoms with Gasteiger partial charge in [0.15, 0.2) is 0 Å². The van der Waals surface area contributed by atoms with E-state index in [9.17, 15) is 9.59 Å². The number of ether oxygens (including phenoxy) is 1. The SMILES string of the molecule is O=C(CCCl)NC(=O)NCCC1CCOC1. The number of carbonyl (C=O) groups is 2. The van der Waals surface area contributed by atoms with Crippen molar-refractivity contribution in [2.75, 3.05) is 25.6 Å². The quantitative estimate of drug-likeness (QED) is 0.710. The summed E-state index contributed by atoms with van der Waals surface area (Å²) in [6, 6.07) is -0.450. The lowest BCUT2D eigenvalue weighted by Crippen LogP contribution is -2.40. The Balaban J connectivity index is 2.03. The summed E-state index contributed by atoms with van der Waals surface area (Å²) in [4.78, 5) is 22.2. The monoisotopic (exact) mass is 248 g/mol. The topological polar surface area (TPSA) is 67.4 Å². The van der Waals surface area contributed by atoms with Gasteiger partial charge in [0.25, 0.3) is 0 Å². The van der Waals surface area contributed by atoms with Gasteiger partial charge in [-0.1, -0.05) is 0 Å². The molecule has 1 atom stereocenters. The highest BCUT2D eigenvalue weighted by Gasteiger charge is 2.15. The maximum Gasteiger partial charge on any atom is 0.321 e. The fourth-order valence-corrected chi connectivity index (χ4v) is 1.69. The number of carbonyl (C=O) groups excluding carboxylic acids is 2. The molecule has 1 fully saturated rings. The van der Waals surface area contributed by atoms with Crippen LogP contribution in [0.15, 0.2) is 0 Å². The molecule has 0 aromatic heterocycles. The van der Waals surface area contributed by atoms with Crippen LogP contribution in [-0.2, 0) is 9.53 Å². The summed E-state index contributed by atoms with van der Waals surface area (Å²) in [5.41, 5.74) is 0. The van der Waals surface area contributed by atoms with Gasteiger partial charge < -0.3 is 10.1 Å². The van der Waals surface area contributed by atoms with Crippen molar-refractivity contribution in [3.05, 3.63) is 0 Å². The molecule has 6 heteroatoms. The number of alkyl halides is 1. The molecule has 1 aliphatic heterocycles. The minimum Gasteiger partial charge on any atom is -0.381 e. The van der Waals surface area contributed by atoms with Crippen LogP contribution in [-0.4, -0.2) is 37.6 Å². The van der Waals surface area contributed by atoms with E-state index in [1.54, 1.807) is 0 Å². The highest BCUT2D eigenvalue weighted by atomic mass is 35.5. The molecular formula is C10H17ClN2O3. The lowest BCUT2D eigenvalue weighted by Gasteiger charge is -2.09. The van der Waals surface area contributed by atoms with E-state index < -0.39 is 6.03 Å². The molecule has 2 N–H and O–H groups in total. The molecule has 5 nitrogen and oxygen atoms in total. The first-order valence-corrected chi connectivity index (χ1v) is 5.97. The summed E-state index contributed by atoms with van der Waals surface area (Å²) in [5, 5.41) is 4.83. The highest BCUT2D eigenvalue weighted by Crippen LogP contribution is 2.14. The fraction of sp³-hybridized carbons (Fsp3) is 0.800. The minimum absolute atomic E-state index is 0.158. The Bertz CT molecular complexity index is 242. The number of halogens is 1. The smallest absolute Gasteiger partial charge is 0.321 e. The average Bonchev–Trinajstić information content (AvgIpc) is 2.70. The van der Waals surface area contributed by atoms with E-state index in [0.717, 1.165) is 26.1 Å². The van der Waals surface area contributed by atoms with Gasteiger partial charge in [0.2, 0.25) is 5.91 Å². The van der Waals surface area contributed by atoms with Crippen LogP contribution in [0.3, 0.4) is 0 Å². The molecule has 0 aromatic rings. The maximum atomic E-state index is 11.2. The van der Waals surface area contributed by atoms with E-state index in [1.165, 1.54) is 0 Å². The highest BCUT2D eigenvalue weighted by molar-refractivity contribution is 6.19. The van der Waals surface area contributed by atoms with Crippen LogP contribution >= 0.6 is 11.6 Å². The number of hydrogen-bond acceptors (Lipinski definition) is 3. The summed E-state index contributed by atoms with van der Waals surface area (Å²) in [6.07, 6.45) is 2.09. The number of nitrogens with one attached hydrogen (secondary N) is 2. The van der Waals surface area contributed by atoms with Crippen molar-refractivity contribution in [2.45, 2.75) is 19.3 Å². The van der Waals surface area contributed by atoms with E-state index in [0.29, 0.717) is 12.5 Å². The van der Waals surface area contributed by atoms with Gasteiger partial charge in [-0.15, -0.1) is 11.6 Å². The molecule has 1 aliphatic rings. The molecule has 1 heterocycles. The van der Waals surface area contributed by atoms with Crippen molar-refractivity contribution in [1.29, 1.82) is 0 Å². The predicted molar refractivity (Wildman–Crippen MR) is 60.4 cm³/mol. The maximum absolute atomic E-state index is 11.2. The van der Waals surface area contributed by atoms with Crippen LogP contribution in [0.2, 0.25) is 0 Å².